The monoisotopic (exact) mass is 509 g/mol. The molecule has 1 heterocycles. The van der Waals surface area contributed by atoms with E-state index in [0.29, 0.717) is 23.5 Å². The molecule has 9 heteroatoms. The largest absolute Gasteiger partial charge is 0.481 e. The van der Waals surface area contributed by atoms with Gasteiger partial charge in [0.2, 0.25) is 0 Å². The van der Waals surface area contributed by atoms with Crippen LogP contribution in [0.15, 0.2) is 60.7 Å². The summed E-state index contributed by atoms with van der Waals surface area (Å²) in [6.45, 7) is 4.22. The van der Waals surface area contributed by atoms with Crippen LogP contribution in [-0.4, -0.2) is 61.1 Å². The molecule has 0 saturated heterocycles. The summed E-state index contributed by atoms with van der Waals surface area (Å²) in [7, 11) is 1.69. The summed E-state index contributed by atoms with van der Waals surface area (Å²) in [5.74, 6) is -2.00. The van der Waals surface area contributed by atoms with E-state index in [1.807, 2.05) is 44.2 Å². The van der Waals surface area contributed by atoms with Crippen LogP contribution >= 0.6 is 0 Å². The molecule has 2 atom stereocenters. The summed E-state index contributed by atoms with van der Waals surface area (Å²) in [6, 6.07) is 15.2. The van der Waals surface area contributed by atoms with Crippen molar-refractivity contribution in [2.24, 2.45) is 0 Å². The van der Waals surface area contributed by atoms with Gasteiger partial charge in [-0.05, 0) is 41.8 Å². The molecule has 37 heavy (non-hydrogen) atoms. The molecule has 3 rings (SSSR count). The molecule has 2 unspecified atom stereocenters. The van der Waals surface area contributed by atoms with Gasteiger partial charge in [0.05, 0.1) is 30.0 Å². The first-order chi connectivity index (χ1) is 17.6. The van der Waals surface area contributed by atoms with E-state index in [2.05, 4.69) is 5.10 Å². The number of halogens is 1. The van der Waals surface area contributed by atoms with Gasteiger partial charge in [0, 0.05) is 25.6 Å². The molecule has 0 aliphatic heterocycles. The molecule has 0 spiro atoms. The number of amides is 1. The second kappa shape index (κ2) is 12.4. The second-order valence-electron chi connectivity index (χ2n) is 9.25. The van der Waals surface area contributed by atoms with E-state index in [1.165, 1.54) is 22.9 Å². The number of carboxylic acids is 1. The third kappa shape index (κ3) is 7.34. The zero-order valence-electron chi connectivity index (χ0n) is 21.1. The molecule has 8 nitrogen and oxygen atoms in total. The van der Waals surface area contributed by atoms with Gasteiger partial charge >= 0.3 is 5.97 Å². The lowest BCUT2D eigenvalue weighted by Crippen LogP contribution is -2.27. The molecule has 0 fully saturated rings. The van der Waals surface area contributed by atoms with E-state index < -0.39 is 30.4 Å². The number of hydrogen-bond acceptors (Lipinski definition) is 5. The molecule has 196 valence electrons. The molecule has 0 bridgehead atoms. The van der Waals surface area contributed by atoms with Gasteiger partial charge in [-0.15, -0.1) is 0 Å². The summed E-state index contributed by atoms with van der Waals surface area (Å²) in [5.41, 5.74) is 2.88. The van der Waals surface area contributed by atoms with Gasteiger partial charge in [0.25, 0.3) is 5.91 Å². The maximum atomic E-state index is 13.6. The fourth-order valence-electron chi connectivity index (χ4n) is 4.06. The minimum Gasteiger partial charge on any atom is -0.481 e. The predicted octanol–water partition coefficient (Wildman–Crippen LogP) is 4.01. The van der Waals surface area contributed by atoms with Crippen molar-refractivity contribution in [1.82, 2.24) is 14.7 Å². The number of carboxylic acid groups (broad SMARTS) is 1. The maximum Gasteiger partial charge on any atom is 0.305 e. The Morgan fingerprint density at radius 3 is 2.32 bits per heavy atom. The van der Waals surface area contributed by atoms with Crippen LogP contribution in [0.25, 0.3) is 11.8 Å². The fourth-order valence-corrected chi connectivity index (χ4v) is 4.06. The first-order valence-corrected chi connectivity index (χ1v) is 12.0. The second-order valence-corrected chi connectivity index (χ2v) is 9.25. The van der Waals surface area contributed by atoms with Crippen molar-refractivity contribution in [2.75, 3.05) is 7.05 Å². The minimum absolute atomic E-state index is 0.132. The normalized spacial score (nSPS) is 13.2. The first-order valence-electron chi connectivity index (χ1n) is 12.0. The molecule has 2 aromatic carbocycles. The van der Waals surface area contributed by atoms with E-state index in [0.717, 1.165) is 5.56 Å². The topological polar surface area (TPSA) is 116 Å². The van der Waals surface area contributed by atoms with Crippen LogP contribution in [0, 0.1) is 5.82 Å². The Morgan fingerprint density at radius 2 is 1.73 bits per heavy atom. The zero-order chi connectivity index (χ0) is 27.1. The van der Waals surface area contributed by atoms with E-state index >= 15 is 0 Å². The van der Waals surface area contributed by atoms with Crippen molar-refractivity contribution >= 4 is 18.0 Å². The summed E-state index contributed by atoms with van der Waals surface area (Å²) in [6.07, 6.45) is 0.0182. The van der Waals surface area contributed by atoms with Gasteiger partial charge in [-0.1, -0.05) is 50.3 Å². The molecule has 3 N–H and O–H groups in total. The van der Waals surface area contributed by atoms with Crippen LogP contribution in [0.4, 0.5) is 4.39 Å². The minimum atomic E-state index is -1.22. The van der Waals surface area contributed by atoms with Crippen LogP contribution in [0.3, 0.4) is 0 Å². The van der Waals surface area contributed by atoms with Gasteiger partial charge in [0.1, 0.15) is 5.82 Å². The lowest BCUT2D eigenvalue weighted by atomic mass is 9.98. The molecular formula is C28H32FN3O5. The van der Waals surface area contributed by atoms with Crippen LogP contribution in [0.1, 0.15) is 59.9 Å². The van der Waals surface area contributed by atoms with Crippen molar-refractivity contribution in [1.29, 1.82) is 0 Å². The lowest BCUT2D eigenvalue weighted by molar-refractivity contribution is -0.139. The molecule has 0 saturated carbocycles. The van der Waals surface area contributed by atoms with Crippen molar-refractivity contribution in [3.05, 3.63) is 89.0 Å². The average molecular weight is 510 g/mol. The van der Waals surface area contributed by atoms with Gasteiger partial charge < -0.3 is 20.2 Å². The number of carbonyl (C=O) groups is 2. The number of aliphatic hydroxyl groups excluding tert-OH is 2. The first kappa shape index (κ1) is 27.8. The molecule has 0 aliphatic carbocycles. The Hall–Kier alpha value is -3.82. The quantitative estimate of drug-likeness (QED) is 0.360. The van der Waals surface area contributed by atoms with Crippen LogP contribution in [0.5, 0.6) is 0 Å². The lowest BCUT2D eigenvalue weighted by Gasteiger charge is -2.17. The molecular weight excluding hydrogens is 477 g/mol. The third-order valence-corrected chi connectivity index (χ3v) is 5.82. The van der Waals surface area contributed by atoms with Crippen molar-refractivity contribution in [3.63, 3.8) is 0 Å². The highest BCUT2D eigenvalue weighted by atomic mass is 19.1. The van der Waals surface area contributed by atoms with Crippen LogP contribution < -0.4 is 0 Å². The zero-order valence-corrected chi connectivity index (χ0v) is 21.1. The van der Waals surface area contributed by atoms with E-state index in [4.69, 9.17) is 5.11 Å². The summed E-state index contributed by atoms with van der Waals surface area (Å²) < 4.78 is 15.1. The SMILES string of the molecule is CC(C)c1c(C(=O)N(C)Cc2ccccc2)nn(-c2ccc(F)cc2)c1C=CC(O)CC(O)CC(=O)O. The number of rotatable bonds is 11. The smallest absolute Gasteiger partial charge is 0.305 e. The molecule has 1 amide bonds. The number of nitrogens with zero attached hydrogens (tertiary/aromatic N) is 3. The number of aliphatic hydroxyl groups is 2. The van der Waals surface area contributed by atoms with E-state index in [9.17, 15) is 24.2 Å². The maximum absolute atomic E-state index is 13.6. The summed E-state index contributed by atoms with van der Waals surface area (Å²) in [5, 5.41) is 33.7. The van der Waals surface area contributed by atoms with Crippen molar-refractivity contribution in [3.8, 4) is 5.69 Å². The average Bonchev–Trinajstić information content (AvgIpc) is 3.22. The Kier molecular flexibility index (Phi) is 9.32. The number of carbonyl (C=O) groups excluding carboxylic acids is 1. The summed E-state index contributed by atoms with van der Waals surface area (Å²) in [4.78, 5) is 25.9. The predicted molar refractivity (Wildman–Crippen MR) is 138 cm³/mol. The number of benzene rings is 2. The number of aromatic nitrogens is 2. The Bertz CT molecular complexity index is 1240. The van der Waals surface area contributed by atoms with Crippen molar-refractivity contribution < 1.29 is 29.3 Å². The molecule has 3 aromatic rings. The number of hydrogen-bond donors (Lipinski definition) is 3. The van der Waals surface area contributed by atoms with Gasteiger partial charge in [-0.3, -0.25) is 9.59 Å². The van der Waals surface area contributed by atoms with Crippen LogP contribution in [-0.2, 0) is 11.3 Å². The Labute approximate surface area is 215 Å². The van der Waals surface area contributed by atoms with Gasteiger partial charge in [-0.2, -0.15) is 5.10 Å². The van der Waals surface area contributed by atoms with Gasteiger partial charge in [0.15, 0.2) is 5.69 Å². The fraction of sp³-hybridized carbons (Fsp3) is 0.321. The third-order valence-electron chi connectivity index (χ3n) is 5.82. The Balaban J connectivity index is 2.02. The molecule has 0 radical (unpaired) electrons. The van der Waals surface area contributed by atoms with E-state index in [-0.39, 0.29) is 23.9 Å². The summed E-state index contributed by atoms with van der Waals surface area (Å²) >= 11 is 0. The number of aliphatic carboxylic acids is 1. The standard InChI is InChI=1S/C28H32FN3O5/c1-18(2)26-24(14-13-22(33)15-23(34)16-25(35)36)32(21-11-9-20(29)10-12-21)30-27(26)28(37)31(3)17-19-7-5-4-6-8-19/h4-14,18,22-23,33-34H,15-17H2,1-3H3,(H,35,36). The Morgan fingerprint density at radius 1 is 1.08 bits per heavy atom. The van der Waals surface area contributed by atoms with E-state index in [1.54, 1.807) is 30.2 Å². The molecule has 0 aliphatic rings. The highest BCUT2D eigenvalue weighted by Crippen LogP contribution is 2.29. The van der Waals surface area contributed by atoms with Gasteiger partial charge in [-0.25, -0.2) is 9.07 Å². The molecule has 1 aromatic heterocycles. The highest BCUT2D eigenvalue weighted by molar-refractivity contribution is 5.95. The van der Waals surface area contributed by atoms with Crippen LogP contribution in [0.2, 0.25) is 0 Å². The van der Waals surface area contributed by atoms with Crippen molar-refractivity contribution in [2.45, 2.75) is 51.4 Å². The highest BCUT2D eigenvalue weighted by Gasteiger charge is 2.27.